The topological polar surface area (TPSA) is 109 Å². The number of benzene rings is 2. The van der Waals surface area contributed by atoms with Gasteiger partial charge in [0.25, 0.3) is 5.91 Å². The molecule has 0 radical (unpaired) electrons. The summed E-state index contributed by atoms with van der Waals surface area (Å²) in [6, 6.07) is 16.2. The van der Waals surface area contributed by atoms with E-state index in [0.717, 1.165) is 27.2 Å². The highest BCUT2D eigenvalue weighted by atomic mass is 32.1. The Kier molecular flexibility index (Phi) is 6.18. The van der Waals surface area contributed by atoms with Crippen LogP contribution in [0.3, 0.4) is 0 Å². The SMILES string of the molecule is CN(CC(=O)O)C(=O)c1csc(CNC(=O)OCC2c3ccccc3-c3ccccc32)n1. The third-order valence-corrected chi connectivity index (χ3v) is 6.07. The fourth-order valence-corrected chi connectivity index (χ4v) is 4.47. The zero-order valence-corrected chi connectivity index (χ0v) is 18.1. The molecule has 0 atom stereocenters. The van der Waals surface area contributed by atoms with E-state index < -0.39 is 24.5 Å². The largest absolute Gasteiger partial charge is 0.480 e. The van der Waals surface area contributed by atoms with E-state index in [1.807, 2.05) is 24.3 Å². The number of alkyl carbamates (subject to hydrolysis) is 1. The first-order chi connectivity index (χ1) is 15.4. The molecule has 1 heterocycles. The molecule has 0 fully saturated rings. The summed E-state index contributed by atoms with van der Waals surface area (Å²) in [7, 11) is 1.39. The van der Waals surface area contributed by atoms with Gasteiger partial charge in [0.2, 0.25) is 0 Å². The fraction of sp³-hybridized carbons (Fsp3) is 0.217. The van der Waals surface area contributed by atoms with Crippen LogP contribution in [0.15, 0.2) is 53.9 Å². The van der Waals surface area contributed by atoms with E-state index in [-0.39, 0.29) is 24.8 Å². The summed E-state index contributed by atoms with van der Waals surface area (Å²) in [5, 5.41) is 13.5. The lowest BCUT2D eigenvalue weighted by Gasteiger charge is -2.14. The van der Waals surface area contributed by atoms with Crippen LogP contribution >= 0.6 is 11.3 Å². The number of ether oxygens (including phenoxy) is 1. The van der Waals surface area contributed by atoms with Crippen LogP contribution in [0.1, 0.15) is 32.5 Å². The molecule has 9 heteroatoms. The van der Waals surface area contributed by atoms with Crippen molar-refractivity contribution in [2.75, 3.05) is 20.2 Å². The van der Waals surface area contributed by atoms with Gasteiger partial charge in [0.05, 0.1) is 6.54 Å². The number of rotatable bonds is 7. The molecule has 1 aliphatic carbocycles. The number of nitrogens with one attached hydrogen (secondary N) is 1. The molecule has 8 nitrogen and oxygen atoms in total. The minimum atomic E-state index is -1.10. The Bertz CT molecular complexity index is 1130. The summed E-state index contributed by atoms with van der Waals surface area (Å²) in [6.45, 7) is -0.0948. The molecule has 0 spiro atoms. The van der Waals surface area contributed by atoms with Crippen molar-refractivity contribution >= 4 is 29.3 Å². The van der Waals surface area contributed by atoms with Crippen LogP contribution < -0.4 is 5.32 Å². The van der Waals surface area contributed by atoms with Crippen molar-refractivity contribution in [3.8, 4) is 11.1 Å². The fourth-order valence-electron chi connectivity index (χ4n) is 3.76. The van der Waals surface area contributed by atoms with E-state index in [2.05, 4.69) is 34.6 Å². The Morgan fingerprint density at radius 1 is 1.09 bits per heavy atom. The van der Waals surface area contributed by atoms with Crippen LogP contribution in [0, 0.1) is 0 Å². The van der Waals surface area contributed by atoms with Crippen molar-refractivity contribution in [1.29, 1.82) is 0 Å². The zero-order chi connectivity index (χ0) is 22.7. The lowest BCUT2D eigenvalue weighted by atomic mass is 9.98. The molecule has 2 N–H and O–H groups in total. The van der Waals surface area contributed by atoms with Crippen LogP contribution in [0.4, 0.5) is 4.79 Å². The molecule has 2 aromatic carbocycles. The molecule has 0 unspecified atom stereocenters. The Labute approximate surface area is 188 Å². The highest BCUT2D eigenvalue weighted by Crippen LogP contribution is 2.44. The minimum Gasteiger partial charge on any atom is -0.480 e. The number of likely N-dealkylation sites (N-methyl/N-ethyl adjacent to an activating group) is 1. The highest BCUT2D eigenvalue weighted by molar-refractivity contribution is 7.09. The summed E-state index contributed by atoms with van der Waals surface area (Å²) in [4.78, 5) is 40.4. The van der Waals surface area contributed by atoms with E-state index in [4.69, 9.17) is 9.84 Å². The van der Waals surface area contributed by atoms with E-state index in [1.54, 1.807) is 0 Å². The van der Waals surface area contributed by atoms with Gasteiger partial charge in [-0.2, -0.15) is 0 Å². The molecule has 0 aliphatic heterocycles. The monoisotopic (exact) mass is 451 g/mol. The van der Waals surface area contributed by atoms with Crippen LogP contribution in [-0.2, 0) is 16.1 Å². The molecule has 164 valence electrons. The molecule has 3 aromatic rings. The summed E-state index contributed by atoms with van der Waals surface area (Å²) >= 11 is 1.20. The van der Waals surface area contributed by atoms with E-state index in [0.29, 0.717) is 5.01 Å². The average Bonchev–Trinajstić information content (AvgIpc) is 3.38. The van der Waals surface area contributed by atoms with Gasteiger partial charge >= 0.3 is 12.1 Å². The van der Waals surface area contributed by atoms with Crippen LogP contribution in [0.2, 0.25) is 0 Å². The maximum atomic E-state index is 12.3. The smallest absolute Gasteiger partial charge is 0.407 e. The van der Waals surface area contributed by atoms with Gasteiger partial charge in [-0.3, -0.25) is 9.59 Å². The normalized spacial score (nSPS) is 12.0. The number of fused-ring (bicyclic) bond motifs is 3. The predicted molar refractivity (Wildman–Crippen MR) is 119 cm³/mol. The second kappa shape index (κ2) is 9.19. The first kappa shape index (κ1) is 21.5. The van der Waals surface area contributed by atoms with Gasteiger partial charge < -0.3 is 20.1 Å². The first-order valence-corrected chi connectivity index (χ1v) is 10.8. The standard InChI is InChI=1S/C23H21N3O5S/c1-26(11-21(27)28)22(29)19-13-32-20(25-19)10-24-23(30)31-12-18-16-8-4-2-6-14(16)15-7-3-5-9-17(15)18/h2-9,13,18H,10-12H2,1H3,(H,24,30)(H,27,28). The second-order valence-corrected chi connectivity index (χ2v) is 8.30. The van der Waals surface area contributed by atoms with Crippen LogP contribution in [0.25, 0.3) is 11.1 Å². The van der Waals surface area contributed by atoms with Gasteiger partial charge in [0, 0.05) is 18.3 Å². The molecule has 0 saturated heterocycles. The molecular weight excluding hydrogens is 430 g/mol. The minimum absolute atomic E-state index is 0.0259. The molecule has 0 bridgehead atoms. The van der Waals surface area contributed by atoms with Crippen molar-refractivity contribution in [2.24, 2.45) is 0 Å². The highest BCUT2D eigenvalue weighted by Gasteiger charge is 2.29. The molecule has 0 saturated carbocycles. The van der Waals surface area contributed by atoms with Gasteiger partial charge in [0.1, 0.15) is 23.9 Å². The number of aromatic nitrogens is 1. The number of thiazole rings is 1. The molecular formula is C23H21N3O5S. The second-order valence-electron chi connectivity index (χ2n) is 7.36. The lowest BCUT2D eigenvalue weighted by molar-refractivity contribution is -0.137. The van der Waals surface area contributed by atoms with Gasteiger partial charge in [-0.05, 0) is 22.3 Å². The Morgan fingerprint density at radius 3 is 2.34 bits per heavy atom. The quantitative estimate of drug-likeness (QED) is 0.570. The Morgan fingerprint density at radius 2 is 1.72 bits per heavy atom. The summed E-state index contributed by atoms with van der Waals surface area (Å²) < 4.78 is 5.48. The Balaban J connectivity index is 1.33. The zero-order valence-electron chi connectivity index (χ0n) is 17.3. The van der Waals surface area contributed by atoms with Crippen molar-refractivity contribution in [3.63, 3.8) is 0 Å². The number of hydrogen-bond acceptors (Lipinski definition) is 6. The first-order valence-electron chi connectivity index (χ1n) is 9.94. The molecule has 2 amide bonds. The third kappa shape index (κ3) is 4.47. The maximum Gasteiger partial charge on any atom is 0.407 e. The summed E-state index contributed by atoms with van der Waals surface area (Å²) in [5.74, 6) is -1.62. The van der Waals surface area contributed by atoms with Gasteiger partial charge in [-0.1, -0.05) is 48.5 Å². The summed E-state index contributed by atoms with van der Waals surface area (Å²) in [6.07, 6.45) is -0.571. The molecule has 4 rings (SSSR count). The third-order valence-electron chi connectivity index (χ3n) is 5.22. The van der Waals surface area contributed by atoms with E-state index in [1.165, 1.54) is 23.8 Å². The van der Waals surface area contributed by atoms with Crippen molar-refractivity contribution in [2.45, 2.75) is 12.5 Å². The lowest BCUT2D eigenvalue weighted by Crippen LogP contribution is -2.32. The van der Waals surface area contributed by atoms with Crippen molar-refractivity contribution in [3.05, 3.63) is 75.7 Å². The number of amides is 2. The van der Waals surface area contributed by atoms with Crippen LogP contribution in [0.5, 0.6) is 0 Å². The maximum absolute atomic E-state index is 12.3. The average molecular weight is 452 g/mol. The molecule has 1 aliphatic rings. The van der Waals surface area contributed by atoms with Gasteiger partial charge in [0.15, 0.2) is 0 Å². The number of carboxylic acid groups (broad SMARTS) is 1. The predicted octanol–water partition coefficient (Wildman–Crippen LogP) is 3.34. The van der Waals surface area contributed by atoms with Crippen LogP contribution in [-0.4, -0.2) is 53.2 Å². The van der Waals surface area contributed by atoms with Crippen molar-refractivity contribution < 1.29 is 24.2 Å². The van der Waals surface area contributed by atoms with E-state index in [9.17, 15) is 14.4 Å². The van der Waals surface area contributed by atoms with Gasteiger partial charge in [-0.25, -0.2) is 9.78 Å². The number of carbonyl (C=O) groups excluding carboxylic acids is 2. The number of carbonyl (C=O) groups is 3. The number of aliphatic carboxylic acids is 1. The molecule has 32 heavy (non-hydrogen) atoms. The summed E-state index contributed by atoms with van der Waals surface area (Å²) in [5.41, 5.74) is 4.73. The van der Waals surface area contributed by atoms with Crippen molar-refractivity contribution in [1.82, 2.24) is 15.2 Å². The molecule has 1 aromatic heterocycles. The van der Waals surface area contributed by atoms with E-state index >= 15 is 0 Å². The number of carboxylic acids is 1. The van der Waals surface area contributed by atoms with Gasteiger partial charge in [-0.15, -0.1) is 11.3 Å². The number of nitrogens with zero attached hydrogens (tertiary/aromatic N) is 2. The number of hydrogen-bond donors (Lipinski definition) is 2. The Hall–Kier alpha value is -3.72.